The summed E-state index contributed by atoms with van der Waals surface area (Å²) in [6, 6.07) is 0. The molecule has 3 heteroatoms. The molecule has 0 aromatic rings. The zero-order chi connectivity index (χ0) is 25.1. The molecule has 7 atom stereocenters. The van der Waals surface area contributed by atoms with Crippen LogP contribution < -0.4 is 0 Å². The van der Waals surface area contributed by atoms with E-state index < -0.39 is 17.8 Å². The van der Waals surface area contributed by atoms with Crippen LogP contribution in [0.3, 0.4) is 0 Å². The third-order valence-corrected chi connectivity index (χ3v) is 9.66. The Bertz CT molecular complexity index is 757. The number of aliphatic hydroxyl groups excluding tert-OH is 2. The summed E-state index contributed by atoms with van der Waals surface area (Å²) in [5, 5.41) is 31.6. The number of unbranched alkanes of at least 4 members (excludes halogenated alkanes) is 1. The lowest BCUT2D eigenvalue weighted by molar-refractivity contribution is 0.0131. The summed E-state index contributed by atoms with van der Waals surface area (Å²) in [4.78, 5) is 0. The van der Waals surface area contributed by atoms with E-state index in [4.69, 9.17) is 0 Å². The molecule has 0 heterocycles. The Kier molecular flexibility index (Phi) is 9.31. The van der Waals surface area contributed by atoms with E-state index in [0.717, 1.165) is 49.2 Å². The molecule has 0 aliphatic heterocycles. The summed E-state index contributed by atoms with van der Waals surface area (Å²) in [6.07, 6.45) is 16.5. The molecule has 0 aromatic carbocycles. The Morgan fingerprint density at radius 1 is 1.18 bits per heavy atom. The first kappa shape index (κ1) is 27.7. The van der Waals surface area contributed by atoms with Gasteiger partial charge in [-0.15, -0.1) is 0 Å². The maximum atomic E-state index is 10.8. The molecule has 34 heavy (non-hydrogen) atoms. The van der Waals surface area contributed by atoms with Crippen molar-refractivity contribution >= 4 is 0 Å². The minimum Gasteiger partial charge on any atom is -0.392 e. The van der Waals surface area contributed by atoms with Gasteiger partial charge < -0.3 is 15.3 Å². The summed E-state index contributed by atoms with van der Waals surface area (Å²) in [7, 11) is 0. The van der Waals surface area contributed by atoms with Crippen molar-refractivity contribution < 1.29 is 15.3 Å². The van der Waals surface area contributed by atoms with Gasteiger partial charge >= 0.3 is 0 Å². The smallest absolute Gasteiger partial charge is 0.0839 e. The van der Waals surface area contributed by atoms with E-state index in [-0.39, 0.29) is 5.92 Å². The third kappa shape index (κ3) is 6.26. The van der Waals surface area contributed by atoms with Crippen molar-refractivity contribution in [3.63, 3.8) is 0 Å². The summed E-state index contributed by atoms with van der Waals surface area (Å²) < 4.78 is 0. The van der Waals surface area contributed by atoms with Gasteiger partial charge in [0.1, 0.15) is 0 Å². The van der Waals surface area contributed by atoms with E-state index >= 15 is 0 Å². The Morgan fingerprint density at radius 3 is 2.59 bits per heavy atom. The number of allylic oxidation sites excluding steroid dienone is 3. The average molecular weight is 473 g/mol. The van der Waals surface area contributed by atoms with Gasteiger partial charge in [0.2, 0.25) is 0 Å². The molecule has 0 amide bonds. The normalized spacial score (nSPS) is 37.9. The highest BCUT2D eigenvalue weighted by Gasteiger charge is 2.50. The van der Waals surface area contributed by atoms with Crippen molar-refractivity contribution in [2.24, 2.45) is 29.1 Å². The quantitative estimate of drug-likeness (QED) is 0.335. The number of rotatable bonds is 9. The molecule has 0 spiro atoms. The van der Waals surface area contributed by atoms with Crippen molar-refractivity contribution in [2.45, 2.75) is 129 Å². The molecular weight excluding hydrogens is 420 g/mol. The van der Waals surface area contributed by atoms with Crippen molar-refractivity contribution in [1.29, 1.82) is 0 Å². The fourth-order valence-corrected chi connectivity index (χ4v) is 7.61. The average Bonchev–Trinajstić information content (AvgIpc) is 3.12. The van der Waals surface area contributed by atoms with Crippen LogP contribution in [0.2, 0.25) is 0 Å². The van der Waals surface area contributed by atoms with Crippen LogP contribution in [0.5, 0.6) is 0 Å². The topological polar surface area (TPSA) is 60.7 Å². The number of hydrogen-bond donors (Lipinski definition) is 3. The molecule has 0 aromatic heterocycles. The Morgan fingerprint density at radius 2 is 1.91 bits per heavy atom. The summed E-state index contributed by atoms with van der Waals surface area (Å²) in [5.41, 5.74) is 3.21. The summed E-state index contributed by atoms with van der Waals surface area (Å²) >= 11 is 0. The van der Waals surface area contributed by atoms with Crippen molar-refractivity contribution in [3.05, 3.63) is 35.5 Å². The molecule has 3 aliphatic carbocycles. The Labute approximate surface area is 209 Å². The van der Waals surface area contributed by atoms with Gasteiger partial charge in [0.25, 0.3) is 0 Å². The number of hydrogen-bond acceptors (Lipinski definition) is 3. The first-order valence-corrected chi connectivity index (χ1v) is 14.1. The van der Waals surface area contributed by atoms with E-state index in [1.54, 1.807) is 5.57 Å². The van der Waals surface area contributed by atoms with E-state index in [1.807, 2.05) is 13.8 Å². The van der Waals surface area contributed by atoms with Gasteiger partial charge in [0.05, 0.1) is 17.8 Å². The lowest BCUT2D eigenvalue weighted by Gasteiger charge is -2.44. The van der Waals surface area contributed by atoms with Crippen LogP contribution in [-0.4, -0.2) is 33.1 Å². The van der Waals surface area contributed by atoms with Gasteiger partial charge in [0.15, 0.2) is 0 Å². The highest BCUT2D eigenvalue weighted by Crippen LogP contribution is 2.60. The van der Waals surface area contributed by atoms with E-state index in [1.165, 1.54) is 38.5 Å². The number of aliphatic hydroxyl groups is 3. The minimum atomic E-state index is -0.628. The lowest BCUT2D eigenvalue weighted by atomic mass is 9.60. The van der Waals surface area contributed by atoms with Crippen LogP contribution in [0.4, 0.5) is 0 Å². The standard InChI is InChI=1S/C31H52O3/c1-7-8-13-25-28(32)20-24(22(3)29(25)33)15-14-23-12-10-19-31(6)26(16-17-27(23)31)21(2)11-9-18-30(4,5)34/h14-15,21,25-29,32-34H,3,7-13,16-20H2,1-2,4-6H3/b23-14+,24-15-/t21-,25-,26+,27-,28+,29+,31+/m0/s1. The first-order valence-electron chi connectivity index (χ1n) is 14.1. The zero-order valence-electron chi connectivity index (χ0n) is 22.7. The predicted octanol–water partition coefficient (Wildman–Crippen LogP) is 7.12. The second-order valence-corrected chi connectivity index (χ2v) is 12.8. The second-order valence-electron chi connectivity index (χ2n) is 12.8. The van der Waals surface area contributed by atoms with E-state index in [0.29, 0.717) is 23.7 Å². The Hall–Kier alpha value is -0.900. The first-order chi connectivity index (χ1) is 16.0. The molecule has 3 fully saturated rings. The molecule has 0 saturated heterocycles. The van der Waals surface area contributed by atoms with Crippen LogP contribution in [0.25, 0.3) is 0 Å². The van der Waals surface area contributed by atoms with Crippen LogP contribution in [0.1, 0.15) is 112 Å². The predicted molar refractivity (Wildman–Crippen MR) is 142 cm³/mol. The molecule has 3 rings (SSSR count). The minimum absolute atomic E-state index is 0.0799. The lowest BCUT2D eigenvalue weighted by Crippen LogP contribution is -2.38. The van der Waals surface area contributed by atoms with Gasteiger partial charge in [-0.05, 0) is 99.5 Å². The van der Waals surface area contributed by atoms with Crippen LogP contribution in [0, 0.1) is 29.1 Å². The highest BCUT2D eigenvalue weighted by molar-refractivity contribution is 5.39. The van der Waals surface area contributed by atoms with Crippen LogP contribution in [-0.2, 0) is 0 Å². The maximum absolute atomic E-state index is 10.8. The molecule has 3 nitrogen and oxygen atoms in total. The zero-order valence-corrected chi connectivity index (χ0v) is 22.7. The van der Waals surface area contributed by atoms with Crippen molar-refractivity contribution in [2.75, 3.05) is 0 Å². The second kappa shape index (κ2) is 11.4. The summed E-state index contributed by atoms with van der Waals surface area (Å²) in [6.45, 7) is 15.2. The molecule has 0 bridgehead atoms. The van der Waals surface area contributed by atoms with Gasteiger partial charge in [-0.3, -0.25) is 0 Å². The maximum Gasteiger partial charge on any atom is 0.0839 e. The molecule has 0 radical (unpaired) electrons. The van der Waals surface area contributed by atoms with Gasteiger partial charge in [-0.25, -0.2) is 0 Å². The van der Waals surface area contributed by atoms with Gasteiger partial charge in [-0.1, -0.05) is 70.8 Å². The molecule has 0 unspecified atom stereocenters. The van der Waals surface area contributed by atoms with Gasteiger partial charge in [0, 0.05) is 5.92 Å². The Balaban J connectivity index is 1.69. The summed E-state index contributed by atoms with van der Waals surface area (Å²) in [5.74, 6) is 2.01. The largest absolute Gasteiger partial charge is 0.392 e. The van der Waals surface area contributed by atoms with Crippen LogP contribution in [0.15, 0.2) is 35.5 Å². The molecule has 194 valence electrons. The van der Waals surface area contributed by atoms with Crippen LogP contribution >= 0.6 is 0 Å². The van der Waals surface area contributed by atoms with Crippen molar-refractivity contribution in [1.82, 2.24) is 0 Å². The molecular formula is C31H52O3. The van der Waals surface area contributed by atoms with Gasteiger partial charge in [-0.2, -0.15) is 0 Å². The SMILES string of the molecule is C=C1/C(=C\C=C2/CCC[C@]3(C)[C@@H]([C@@H](C)CCCC(C)(C)O)CC[C@@H]23)C[C@@H](O)[C@H](CCCC)[C@@H]1O. The van der Waals surface area contributed by atoms with E-state index in [9.17, 15) is 15.3 Å². The fraction of sp³-hybridized carbons (Fsp3) is 0.806. The third-order valence-electron chi connectivity index (χ3n) is 9.66. The van der Waals surface area contributed by atoms with E-state index in [2.05, 4.69) is 39.5 Å². The van der Waals surface area contributed by atoms with Crippen molar-refractivity contribution in [3.8, 4) is 0 Å². The highest BCUT2D eigenvalue weighted by atomic mass is 16.3. The fourth-order valence-electron chi connectivity index (χ4n) is 7.61. The molecule has 3 aliphatic rings. The molecule has 3 N–H and O–H groups in total. The monoisotopic (exact) mass is 472 g/mol. The number of fused-ring (bicyclic) bond motifs is 1. The molecule has 3 saturated carbocycles.